The molecule has 0 radical (unpaired) electrons. The Balaban J connectivity index is 2.76. The molecule has 100 valence electrons. The van der Waals surface area contributed by atoms with Gasteiger partial charge in [0, 0.05) is 13.6 Å². The number of aryl methyl sites for hydroxylation is 1. The van der Waals surface area contributed by atoms with E-state index < -0.39 is 6.10 Å². The highest BCUT2D eigenvalue weighted by molar-refractivity contribution is 5.81. The van der Waals surface area contributed by atoms with Crippen LogP contribution in [0.3, 0.4) is 0 Å². The molecule has 0 aromatic heterocycles. The van der Waals surface area contributed by atoms with Crippen LogP contribution in [0.25, 0.3) is 0 Å². The zero-order chi connectivity index (χ0) is 13.7. The molecule has 0 spiro atoms. The normalized spacial score (nSPS) is 12.3. The van der Waals surface area contributed by atoms with Gasteiger partial charge in [-0.2, -0.15) is 0 Å². The second kappa shape index (κ2) is 6.50. The van der Waals surface area contributed by atoms with Crippen molar-refractivity contribution >= 4 is 5.91 Å². The van der Waals surface area contributed by atoms with E-state index in [0.717, 1.165) is 12.8 Å². The van der Waals surface area contributed by atoms with E-state index in [4.69, 9.17) is 0 Å². The van der Waals surface area contributed by atoms with E-state index in [2.05, 4.69) is 0 Å². The summed E-state index contributed by atoms with van der Waals surface area (Å²) >= 11 is 0. The van der Waals surface area contributed by atoms with E-state index in [9.17, 15) is 14.3 Å². The zero-order valence-corrected chi connectivity index (χ0v) is 11.1. The number of hydrogen-bond donors (Lipinski definition) is 1. The summed E-state index contributed by atoms with van der Waals surface area (Å²) in [5.74, 6) is -0.688. The van der Waals surface area contributed by atoms with E-state index >= 15 is 0 Å². The third kappa shape index (κ3) is 3.53. The summed E-state index contributed by atoms with van der Waals surface area (Å²) in [7, 11) is 1.66. The van der Waals surface area contributed by atoms with Gasteiger partial charge >= 0.3 is 0 Å². The Hall–Kier alpha value is -1.42. The molecule has 1 unspecified atom stereocenters. The van der Waals surface area contributed by atoms with Gasteiger partial charge in [-0.3, -0.25) is 4.79 Å². The van der Waals surface area contributed by atoms with Crippen molar-refractivity contribution in [2.24, 2.45) is 0 Å². The second-order valence-corrected chi connectivity index (χ2v) is 4.52. The van der Waals surface area contributed by atoms with Gasteiger partial charge in [-0.1, -0.05) is 25.5 Å². The number of hydrogen-bond acceptors (Lipinski definition) is 2. The van der Waals surface area contributed by atoms with Gasteiger partial charge in [0.15, 0.2) is 6.10 Å². The number of amides is 1. The van der Waals surface area contributed by atoms with Crippen LogP contribution in [-0.2, 0) is 4.79 Å². The van der Waals surface area contributed by atoms with Crippen molar-refractivity contribution in [2.75, 3.05) is 13.6 Å². The average Bonchev–Trinajstić information content (AvgIpc) is 2.37. The third-order valence-electron chi connectivity index (χ3n) is 2.95. The van der Waals surface area contributed by atoms with Crippen molar-refractivity contribution in [3.8, 4) is 0 Å². The SMILES string of the molecule is CCCCN(C)C(=O)C(O)c1ccc(F)c(C)c1. The second-order valence-electron chi connectivity index (χ2n) is 4.52. The van der Waals surface area contributed by atoms with Crippen LogP contribution in [0, 0.1) is 12.7 Å². The van der Waals surface area contributed by atoms with Gasteiger partial charge in [-0.15, -0.1) is 0 Å². The van der Waals surface area contributed by atoms with Crippen LogP contribution in [0.5, 0.6) is 0 Å². The van der Waals surface area contributed by atoms with E-state index in [1.165, 1.54) is 23.1 Å². The standard InChI is InChI=1S/C14H20FNO2/c1-4-5-8-16(3)14(18)13(17)11-6-7-12(15)10(2)9-11/h6-7,9,13,17H,4-5,8H2,1-3H3. The lowest BCUT2D eigenvalue weighted by atomic mass is 10.1. The molecule has 0 aliphatic carbocycles. The topological polar surface area (TPSA) is 40.5 Å². The quantitative estimate of drug-likeness (QED) is 0.875. The van der Waals surface area contributed by atoms with Crippen LogP contribution in [0.2, 0.25) is 0 Å². The maximum absolute atomic E-state index is 13.1. The van der Waals surface area contributed by atoms with Gasteiger partial charge in [0.2, 0.25) is 0 Å². The van der Waals surface area contributed by atoms with Crippen molar-refractivity contribution in [1.29, 1.82) is 0 Å². The molecule has 1 aromatic rings. The highest BCUT2D eigenvalue weighted by Gasteiger charge is 2.21. The van der Waals surface area contributed by atoms with E-state index in [-0.39, 0.29) is 11.7 Å². The fourth-order valence-corrected chi connectivity index (χ4v) is 1.69. The minimum Gasteiger partial charge on any atom is -0.378 e. The Labute approximate surface area is 107 Å². The van der Waals surface area contributed by atoms with Gasteiger partial charge in [-0.05, 0) is 30.5 Å². The average molecular weight is 253 g/mol. The van der Waals surface area contributed by atoms with Crippen LogP contribution in [0.15, 0.2) is 18.2 Å². The molecule has 18 heavy (non-hydrogen) atoms. The molecule has 1 N–H and O–H groups in total. The Bertz CT molecular complexity index is 420. The van der Waals surface area contributed by atoms with Gasteiger partial charge in [0.05, 0.1) is 0 Å². The van der Waals surface area contributed by atoms with Gasteiger partial charge in [0.25, 0.3) is 5.91 Å². The largest absolute Gasteiger partial charge is 0.378 e. The Morgan fingerprint density at radius 3 is 2.72 bits per heavy atom. The minimum atomic E-state index is -1.22. The molecule has 1 rings (SSSR count). The van der Waals surface area contributed by atoms with Gasteiger partial charge in [-0.25, -0.2) is 4.39 Å². The predicted octanol–water partition coefficient (Wildman–Crippen LogP) is 2.43. The van der Waals surface area contributed by atoms with Crippen LogP contribution < -0.4 is 0 Å². The molecule has 1 amide bonds. The summed E-state index contributed by atoms with van der Waals surface area (Å²) in [6, 6.07) is 4.22. The molecule has 0 saturated heterocycles. The maximum Gasteiger partial charge on any atom is 0.255 e. The molecular weight excluding hydrogens is 233 g/mol. The van der Waals surface area contributed by atoms with E-state index in [0.29, 0.717) is 17.7 Å². The first-order chi connectivity index (χ1) is 8.47. The van der Waals surface area contributed by atoms with Crippen molar-refractivity contribution in [3.05, 3.63) is 35.1 Å². The number of halogens is 1. The van der Waals surface area contributed by atoms with Crippen LogP contribution in [0.1, 0.15) is 37.0 Å². The number of aliphatic hydroxyl groups is 1. The van der Waals surface area contributed by atoms with Crippen molar-refractivity contribution in [1.82, 2.24) is 4.90 Å². The summed E-state index contributed by atoms with van der Waals surface area (Å²) in [4.78, 5) is 13.4. The van der Waals surface area contributed by atoms with Gasteiger partial charge in [0.1, 0.15) is 5.82 Å². The van der Waals surface area contributed by atoms with Crippen LogP contribution in [0.4, 0.5) is 4.39 Å². The maximum atomic E-state index is 13.1. The highest BCUT2D eigenvalue weighted by Crippen LogP contribution is 2.18. The molecule has 0 aliphatic rings. The molecule has 1 atom stereocenters. The molecular formula is C14H20FNO2. The number of benzene rings is 1. The summed E-state index contributed by atoms with van der Waals surface area (Å²) in [5.41, 5.74) is 0.859. The monoisotopic (exact) mass is 253 g/mol. The molecule has 3 nitrogen and oxygen atoms in total. The number of nitrogens with zero attached hydrogens (tertiary/aromatic N) is 1. The van der Waals surface area contributed by atoms with Crippen LogP contribution in [-0.4, -0.2) is 29.5 Å². The molecule has 1 aromatic carbocycles. The summed E-state index contributed by atoms with van der Waals surface area (Å²) in [6.07, 6.45) is 0.673. The van der Waals surface area contributed by atoms with Crippen molar-refractivity contribution in [3.63, 3.8) is 0 Å². The predicted molar refractivity (Wildman–Crippen MR) is 68.6 cm³/mol. The van der Waals surface area contributed by atoms with Crippen molar-refractivity contribution < 1.29 is 14.3 Å². The first-order valence-corrected chi connectivity index (χ1v) is 6.16. The summed E-state index contributed by atoms with van der Waals surface area (Å²) in [6.45, 7) is 4.27. The Kier molecular flexibility index (Phi) is 5.28. The van der Waals surface area contributed by atoms with Crippen LogP contribution >= 0.6 is 0 Å². The number of rotatable bonds is 5. The lowest BCUT2D eigenvalue weighted by Crippen LogP contribution is -2.32. The number of unbranched alkanes of at least 4 members (excludes halogenated alkanes) is 1. The first-order valence-electron chi connectivity index (χ1n) is 6.16. The molecule has 0 heterocycles. The van der Waals surface area contributed by atoms with E-state index in [1.54, 1.807) is 14.0 Å². The summed E-state index contributed by atoms with van der Waals surface area (Å²) in [5, 5.41) is 9.96. The highest BCUT2D eigenvalue weighted by atomic mass is 19.1. The van der Waals surface area contributed by atoms with E-state index in [1.807, 2.05) is 6.92 Å². The summed E-state index contributed by atoms with van der Waals surface area (Å²) < 4.78 is 13.1. The zero-order valence-electron chi connectivity index (χ0n) is 11.1. The number of aliphatic hydroxyl groups excluding tert-OH is 1. The number of carbonyl (C=O) groups excluding carboxylic acids is 1. The molecule has 0 aliphatic heterocycles. The molecule has 0 bridgehead atoms. The molecule has 0 saturated carbocycles. The number of carbonyl (C=O) groups is 1. The Morgan fingerprint density at radius 2 is 2.17 bits per heavy atom. The van der Waals surface area contributed by atoms with Gasteiger partial charge < -0.3 is 10.0 Å². The third-order valence-corrected chi connectivity index (χ3v) is 2.95. The fraction of sp³-hybridized carbons (Fsp3) is 0.500. The number of likely N-dealkylation sites (N-methyl/N-ethyl adjacent to an activating group) is 1. The smallest absolute Gasteiger partial charge is 0.255 e. The molecule has 0 fully saturated rings. The lowest BCUT2D eigenvalue weighted by Gasteiger charge is -2.20. The first kappa shape index (κ1) is 14.6. The fourth-order valence-electron chi connectivity index (χ4n) is 1.69. The minimum absolute atomic E-state index is 0.335. The van der Waals surface area contributed by atoms with Crippen molar-refractivity contribution in [2.45, 2.75) is 32.8 Å². The Morgan fingerprint density at radius 1 is 1.50 bits per heavy atom. The lowest BCUT2D eigenvalue weighted by molar-refractivity contribution is -0.139. The molecule has 4 heteroatoms.